The highest BCUT2D eigenvalue weighted by Crippen LogP contribution is 2.35. The molecular formula is C30H31Cl2F3N4O2. The van der Waals surface area contributed by atoms with Crippen molar-refractivity contribution >= 4 is 46.0 Å². The van der Waals surface area contributed by atoms with Crippen LogP contribution < -0.4 is 10.1 Å². The van der Waals surface area contributed by atoms with Crippen LogP contribution in [0.3, 0.4) is 0 Å². The topological polar surface area (TPSA) is 69.0 Å². The molecule has 4 aromatic rings. The summed E-state index contributed by atoms with van der Waals surface area (Å²) < 4.78 is 48.7. The number of hydrogen-bond donors (Lipinski definition) is 1. The third kappa shape index (κ3) is 8.14. The van der Waals surface area contributed by atoms with Crippen molar-refractivity contribution in [2.45, 2.75) is 64.5 Å². The molecule has 1 N–H and O–H groups in total. The van der Waals surface area contributed by atoms with Gasteiger partial charge in [0.1, 0.15) is 11.6 Å². The van der Waals surface area contributed by atoms with Gasteiger partial charge >= 0.3 is 6.18 Å². The number of amides is 1. The summed E-state index contributed by atoms with van der Waals surface area (Å²) in [7, 11) is 0. The van der Waals surface area contributed by atoms with E-state index in [9.17, 15) is 18.0 Å². The van der Waals surface area contributed by atoms with Crippen molar-refractivity contribution in [3.63, 3.8) is 0 Å². The SMILES string of the molecule is CCCCCCCCCCOc1ccc2c(c1)nc(C(F)(F)F)n2-c1ccc(NC(=O)c2ccc(Cl)cc2Cl)nc1. The lowest BCUT2D eigenvalue weighted by atomic mass is 10.1. The lowest BCUT2D eigenvalue weighted by molar-refractivity contribution is -0.145. The maximum Gasteiger partial charge on any atom is 0.450 e. The van der Waals surface area contributed by atoms with Crippen molar-refractivity contribution in [1.29, 1.82) is 0 Å². The first-order valence-electron chi connectivity index (χ1n) is 13.6. The highest BCUT2D eigenvalue weighted by Gasteiger charge is 2.38. The van der Waals surface area contributed by atoms with Gasteiger partial charge in [0.25, 0.3) is 5.91 Å². The van der Waals surface area contributed by atoms with E-state index in [1.54, 1.807) is 12.1 Å². The maximum absolute atomic E-state index is 14.0. The first-order chi connectivity index (χ1) is 19.7. The number of aromatic nitrogens is 3. The summed E-state index contributed by atoms with van der Waals surface area (Å²) >= 11 is 12.0. The van der Waals surface area contributed by atoms with Gasteiger partial charge in [0.05, 0.1) is 40.1 Å². The van der Waals surface area contributed by atoms with E-state index in [2.05, 4.69) is 22.2 Å². The second-order valence-electron chi connectivity index (χ2n) is 9.72. The maximum atomic E-state index is 14.0. The molecule has 0 unspecified atom stereocenters. The van der Waals surface area contributed by atoms with Crippen molar-refractivity contribution < 1.29 is 22.7 Å². The smallest absolute Gasteiger partial charge is 0.450 e. The summed E-state index contributed by atoms with van der Waals surface area (Å²) in [5.41, 5.74) is 0.723. The number of pyridine rings is 1. The second kappa shape index (κ2) is 14.0. The Morgan fingerprint density at radius 3 is 2.34 bits per heavy atom. The molecule has 0 saturated carbocycles. The normalized spacial score (nSPS) is 11.7. The first-order valence-corrected chi connectivity index (χ1v) is 14.4. The monoisotopic (exact) mass is 606 g/mol. The van der Waals surface area contributed by atoms with E-state index in [-0.39, 0.29) is 33.1 Å². The fraction of sp³-hybridized carbons (Fsp3) is 0.367. The Labute approximate surface area is 246 Å². The zero-order valence-electron chi connectivity index (χ0n) is 22.6. The highest BCUT2D eigenvalue weighted by atomic mass is 35.5. The molecule has 0 bridgehead atoms. The van der Waals surface area contributed by atoms with Crippen molar-refractivity contribution in [3.05, 3.63) is 76.2 Å². The van der Waals surface area contributed by atoms with E-state index >= 15 is 0 Å². The van der Waals surface area contributed by atoms with E-state index in [0.717, 1.165) is 23.8 Å². The molecule has 218 valence electrons. The Bertz CT molecular complexity index is 1470. The van der Waals surface area contributed by atoms with E-state index in [4.69, 9.17) is 27.9 Å². The highest BCUT2D eigenvalue weighted by molar-refractivity contribution is 6.37. The van der Waals surface area contributed by atoms with Crippen LogP contribution in [0, 0.1) is 0 Å². The lowest BCUT2D eigenvalue weighted by Crippen LogP contribution is -2.15. The Balaban J connectivity index is 1.45. The Morgan fingerprint density at radius 2 is 1.68 bits per heavy atom. The van der Waals surface area contributed by atoms with Crippen LogP contribution in [0.1, 0.15) is 74.5 Å². The quantitative estimate of drug-likeness (QED) is 0.154. The summed E-state index contributed by atoms with van der Waals surface area (Å²) in [4.78, 5) is 20.6. The Morgan fingerprint density at radius 1 is 0.951 bits per heavy atom. The number of carbonyl (C=O) groups is 1. The molecule has 0 aliphatic rings. The molecule has 0 aliphatic heterocycles. The number of rotatable bonds is 13. The molecule has 11 heteroatoms. The minimum Gasteiger partial charge on any atom is -0.494 e. The number of nitrogens with zero attached hydrogens (tertiary/aromatic N) is 3. The standard InChI is InChI=1S/C30H31Cl2F3N4O2/c1-2-3-4-5-6-7-8-9-16-41-22-12-14-26-25(18-22)37-29(30(33,34)35)39(26)21-11-15-27(36-19-21)38-28(40)23-13-10-20(31)17-24(23)32/h10-15,17-19H,2-9,16H2,1H3,(H,36,38,40). The summed E-state index contributed by atoms with van der Waals surface area (Å²) in [5, 5.41) is 3.12. The van der Waals surface area contributed by atoms with Gasteiger partial charge in [-0.15, -0.1) is 0 Å². The van der Waals surface area contributed by atoms with Gasteiger partial charge < -0.3 is 10.1 Å². The molecule has 0 saturated heterocycles. The molecule has 6 nitrogen and oxygen atoms in total. The predicted octanol–water partition coefficient (Wildman–Crippen LogP) is 9.52. The predicted molar refractivity (Wildman–Crippen MR) is 156 cm³/mol. The number of halogens is 5. The average Bonchev–Trinajstić information content (AvgIpc) is 3.32. The number of carbonyl (C=O) groups excluding carboxylic acids is 1. The lowest BCUT2D eigenvalue weighted by Gasteiger charge is -2.12. The number of nitrogens with one attached hydrogen (secondary N) is 1. The van der Waals surface area contributed by atoms with E-state index in [1.165, 1.54) is 74.7 Å². The third-order valence-corrected chi connectivity index (χ3v) is 7.12. The number of imidazole rings is 1. The molecule has 2 aromatic carbocycles. The van der Waals surface area contributed by atoms with Gasteiger partial charge in [-0.05, 0) is 48.9 Å². The van der Waals surface area contributed by atoms with Crippen molar-refractivity contribution in [3.8, 4) is 11.4 Å². The fourth-order valence-corrected chi connectivity index (χ4v) is 4.97. The van der Waals surface area contributed by atoms with Gasteiger partial charge in [-0.3, -0.25) is 9.36 Å². The van der Waals surface area contributed by atoms with Crippen LogP contribution in [0.2, 0.25) is 10.0 Å². The molecule has 1 amide bonds. The van der Waals surface area contributed by atoms with Gasteiger partial charge in [0.2, 0.25) is 5.82 Å². The van der Waals surface area contributed by atoms with Crippen LogP contribution in [-0.2, 0) is 6.18 Å². The van der Waals surface area contributed by atoms with Crippen LogP contribution in [0.5, 0.6) is 5.75 Å². The number of alkyl halides is 3. The largest absolute Gasteiger partial charge is 0.494 e. The Kier molecular flexibility index (Phi) is 10.5. The average molecular weight is 608 g/mol. The van der Waals surface area contributed by atoms with Gasteiger partial charge in [0.15, 0.2) is 0 Å². The first kappa shape index (κ1) is 30.7. The molecule has 0 atom stereocenters. The van der Waals surface area contributed by atoms with Gasteiger partial charge in [-0.25, -0.2) is 9.97 Å². The fourth-order valence-electron chi connectivity index (χ4n) is 4.48. The second-order valence-corrected chi connectivity index (χ2v) is 10.6. The van der Waals surface area contributed by atoms with E-state index in [1.807, 2.05) is 0 Å². The Hall–Kier alpha value is -3.30. The van der Waals surface area contributed by atoms with E-state index in [0.29, 0.717) is 17.4 Å². The van der Waals surface area contributed by atoms with Crippen molar-refractivity contribution in [1.82, 2.24) is 14.5 Å². The molecule has 0 spiro atoms. The third-order valence-electron chi connectivity index (χ3n) is 6.57. The number of ether oxygens (including phenoxy) is 1. The summed E-state index contributed by atoms with van der Waals surface area (Å²) in [6.07, 6.45) is 5.85. The molecular weight excluding hydrogens is 576 g/mol. The van der Waals surface area contributed by atoms with Gasteiger partial charge in [-0.1, -0.05) is 75.1 Å². The number of unbranched alkanes of at least 4 members (excludes halogenated alkanes) is 7. The molecule has 2 heterocycles. The summed E-state index contributed by atoms with van der Waals surface area (Å²) in [6, 6.07) is 12.0. The molecule has 2 aromatic heterocycles. The van der Waals surface area contributed by atoms with Crippen LogP contribution in [0.25, 0.3) is 16.7 Å². The van der Waals surface area contributed by atoms with Crippen LogP contribution >= 0.6 is 23.2 Å². The number of benzene rings is 2. The minimum atomic E-state index is -4.71. The zero-order valence-corrected chi connectivity index (χ0v) is 24.1. The van der Waals surface area contributed by atoms with Crippen molar-refractivity contribution in [2.75, 3.05) is 11.9 Å². The number of anilines is 1. The molecule has 0 fully saturated rings. The number of hydrogen-bond acceptors (Lipinski definition) is 4. The molecule has 0 aliphatic carbocycles. The van der Waals surface area contributed by atoms with Crippen LogP contribution in [0.15, 0.2) is 54.7 Å². The molecule has 0 radical (unpaired) electrons. The van der Waals surface area contributed by atoms with Crippen LogP contribution in [-0.4, -0.2) is 27.0 Å². The minimum absolute atomic E-state index is 0.134. The summed E-state index contributed by atoms with van der Waals surface area (Å²) in [5.74, 6) is -1.01. The summed E-state index contributed by atoms with van der Waals surface area (Å²) in [6.45, 7) is 2.69. The van der Waals surface area contributed by atoms with Gasteiger partial charge in [0, 0.05) is 11.1 Å². The molecule has 41 heavy (non-hydrogen) atoms. The number of fused-ring (bicyclic) bond motifs is 1. The van der Waals surface area contributed by atoms with Crippen LogP contribution in [0.4, 0.5) is 19.0 Å². The molecule has 4 rings (SSSR count). The van der Waals surface area contributed by atoms with Gasteiger partial charge in [-0.2, -0.15) is 13.2 Å². The zero-order chi connectivity index (χ0) is 29.4. The van der Waals surface area contributed by atoms with E-state index < -0.39 is 17.9 Å². The van der Waals surface area contributed by atoms with Crippen molar-refractivity contribution in [2.24, 2.45) is 0 Å².